The Morgan fingerprint density at radius 1 is 1.16 bits per heavy atom. The van der Waals surface area contributed by atoms with Gasteiger partial charge in [0.2, 0.25) is 5.95 Å². The van der Waals surface area contributed by atoms with Crippen molar-refractivity contribution in [3.8, 4) is 0 Å². The Bertz CT molecular complexity index is 365. The van der Waals surface area contributed by atoms with Gasteiger partial charge in [0.15, 0.2) is 0 Å². The Labute approximate surface area is 116 Å². The molecule has 0 fully saturated rings. The molecule has 0 aromatic carbocycles. The smallest absolute Gasteiger partial charge is 0.239 e. The molecule has 4 N–H and O–H groups in total. The van der Waals surface area contributed by atoms with Gasteiger partial charge in [-0.3, -0.25) is 5.43 Å². The number of anilines is 2. The summed E-state index contributed by atoms with van der Waals surface area (Å²) < 4.78 is 0. The molecule has 0 aliphatic heterocycles. The van der Waals surface area contributed by atoms with E-state index in [1.807, 2.05) is 13.0 Å². The van der Waals surface area contributed by atoms with Crippen LogP contribution in [0.2, 0.25) is 0 Å². The summed E-state index contributed by atoms with van der Waals surface area (Å²) in [7, 11) is 0. The van der Waals surface area contributed by atoms with Crippen LogP contribution in [0.1, 0.15) is 51.6 Å². The highest BCUT2D eigenvalue weighted by Gasteiger charge is 2.00. The van der Waals surface area contributed by atoms with Crippen molar-refractivity contribution in [1.82, 2.24) is 9.97 Å². The molecule has 0 atom stereocenters. The molecule has 0 saturated carbocycles. The lowest BCUT2D eigenvalue weighted by atomic mass is 10.0. The predicted octanol–water partition coefficient (Wildman–Crippen LogP) is 3.09. The summed E-state index contributed by atoms with van der Waals surface area (Å²) in [5.74, 6) is 7.44. The Hall–Kier alpha value is -1.36. The van der Waals surface area contributed by atoms with E-state index in [0.29, 0.717) is 5.95 Å². The molecule has 0 aliphatic rings. The molecule has 0 spiro atoms. The second-order valence-corrected chi connectivity index (χ2v) is 5.39. The van der Waals surface area contributed by atoms with Crippen molar-refractivity contribution in [3.63, 3.8) is 0 Å². The van der Waals surface area contributed by atoms with Gasteiger partial charge in [0.05, 0.1) is 0 Å². The van der Waals surface area contributed by atoms with Gasteiger partial charge in [-0.15, -0.1) is 0 Å². The van der Waals surface area contributed by atoms with Crippen molar-refractivity contribution in [2.45, 2.75) is 52.9 Å². The van der Waals surface area contributed by atoms with E-state index in [4.69, 9.17) is 5.84 Å². The lowest BCUT2D eigenvalue weighted by molar-refractivity contribution is 0.523. The van der Waals surface area contributed by atoms with Gasteiger partial charge in [0, 0.05) is 18.3 Å². The third kappa shape index (κ3) is 6.96. The van der Waals surface area contributed by atoms with Crippen LogP contribution in [-0.2, 0) is 0 Å². The number of nitrogens with two attached hydrogens (primary N) is 1. The molecule has 5 nitrogen and oxygen atoms in total. The van der Waals surface area contributed by atoms with Crippen LogP contribution in [0.15, 0.2) is 6.07 Å². The first-order valence-corrected chi connectivity index (χ1v) is 7.18. The third-order valence-corrected chi connectivity index (χ3v) is 3.00. The first-order valence-electron chi connectivity index (χ1n) is 7.18. The van der Waals surface area contributed by atoms with Crippen LogP contribution in [0.3, 0.4) is 0 Å². The highest BCUT2D eigenvalue weighted by Crippen LogP contribution is 2.11. The van der Waals surface area contributed by atoms with Gasteiger partial charge < -0.3 is 5.32 Å². The summed E-state index contributed by atoms with van der Waals surface area (Å²) in [6, 6.07) is 1.93. The van der Waals surface area contributed by atoms with Crippen LogP contribution >= 0.6 is 0 Å². The van der Waals surface area contributed by atoms with Crippen molar-refractivity contribution in [2.75, 3.05) is 17.3 Å². The maximum Gasteiger partial charge on any atom is 0.239 e. The average molecular weight is 265 g/mol. The van der Waals surface area contributed by atoms with E-state index >= 15 is 0 Å². The number of unbranched alkanes of at least 4 members (excludes halogenated alkanes) is 3. The minimum Gasteiger partial charge on any atom is -0.370 e. The maximum absolute atomic E-state index is 5.32. The lowest BCUT2D eigenvalue weighted by Gasteiger charge is -2.08. The van der Waals surface area contributed by atoms with Crippen LogP contribution in [0.5, 0.6) is 0 Å². The van der Waals surface area contributed by atoms with Gasteiger partial charge in [-0.2, -0.15) is 4.98 Å². The molecular formula is C14H27N5. The van der Waals surface area contributed by atoms with Crippen LogP contribution in [0.25, 0.3) is 0 Å². The highest BCUT2D eigenvalue weighted by molar-refractivity contribution is 5.41. The number of hydrogen-bond acceptors (Lipinski definition) is 5. The van der Waals surface area contributed by atoms with E-state index < -0.39 is 0 Å². The second-order valence-electron chi connectivity index (χ2n) is 5.39. The summed E-state index contributed by atoms with van der Waals surface area (Å²) in [5.41, 5.74) is 3.38. The van der Waals surface area contributed by atoms with E-state index in [0.717, 1.165) is 24.0 Å². The fraction of sp³-hybridized carbons (Fsp3) is 0.714. The number of hydrazine groups is 1. The summed E-state index contributed by atoms with van der Waals surface area (Å²) in [6.07, 6.45) is 6.44. The number of rotatable bonds is 9. The van der Waals surface area contributed by atoms with Gasteiger partial charge in [0.25, 0.3) is 0 Å². The SMILES string of the molecule is Cc1cc(NCCCCCCC(C)C)nc(NN)n1. The number of nitrogens with one attached hydrogen (secondary N) is 2. The van der Waals surface area contributed by atoms with E-state index in [2.05, 4.69) is 34.6 Å². The standard InChI is InChI=1S/C14H27N5/c1-11(2)8-6-4-5-7-9-16-13-10-12(3)17-14(18-13)19-15/h10-11H,4-9,15H2,1-3H3,(H2,16,17,18,19). The summed E-state index contributed by atoms with van der Waals surface area (Å²) in [6.45, 7) is 7.44. The Morgan fingerprint density at radius 2 is 1.89 bits per heavy atom. The van der Waals surface area contributed by atoms with E-state index in [1.165, 1.54) is 32.1 Å². The molecule has 1 aromatic rings. The van der Waals surface area contributed by atoms with Gasteiger partial charge >= 0.3 is 0 Å². The van der Waals surface area contributed by atoms with Gasteiger partial charge in [-0.25, -0.2) is 10.8 Å². The quantitative estimate of drug-likeness (QED) is 0.363. The Morgan fingerprint density at radius 3 is 2.58 bits per heavy atom. The van der Waals surface area contributed by atoms with Crippen molar-refractivity contribution < 1.29 is 0 Å². The molecule has 0 saturated heterocycles. The molecule has 0 amide bonds. The molecule has 1 rings (SSSR count). The molecule has 1 heterocycles. The highest BCUT2D eigenvalue weighted by atomic mass is 15.3. The molecular weight excluding hydrogens is 238 g/mol. The minimum absolute atomic E-state index is 0.458. The predicted molar refractivity (Wildman–Crippen MR) is 81.0 cm³/mol. The maximum atomic E-state index is 5.32. The van der Waals surface area contributed by atoms with Crippen LogP contribution in [-0.4, -0.2) is 16.5 Å². The number of nitrogen functional groups attached to an aromatic ring is 1. The molecule has 0 unspecified atom stereocenters. The average Bonchev–Trinajstić information content (AvgIpc) is 2.36. The van der Waals surface area contributed by atoms with Crippen LogP contribution in [0, 0.1) is 12.8 Å². The minimum atomic E-state index is 0.458. The first-order chi connectivity index (χ1) is 9.11. The lowest BCUT2D eigenvalue weighted by Crippen LogP contribution is -2.13. The van der Waals surface area contributed by atoms with Crippen LogP contribution < -0.4 is 16.6 Å². The number of nitrogens with zero attached hydrogens (tertiary/aromatic N) is 2. The van der Waals surface area contributed by atoms with Crippen molar-refractivity contribution >= 4 is 11.8 Å². The zero-order chi connectivity index (χ0) is 14.1. The second kappa shape index (κ2) is 8.69. The number of aromatic nitrogens is 2. The monoisotopic (exact) mass is 265 g/mol. The largest absolute Gasteiger partial charge is 0.370 e. The van der Waals surface area contributed by atoms with Crippen molar-refractivity contribution in [3.05, 3.63) is 11.8 Å². The summed E-state index contributed by atoms with van der Waals surface area (Å²) >= 11 is 0. The van der Waals surface area contributed by atoms with Gasteiger partial charge in [0.1, 0.15) is 5.82 Å². The van der Waals surface area contributed by atoms with E-state index in [9.17, 15) is 0 Å². The number of hydrogen-bond donors (Lipinski definition) is 3. The summed E-state index contributed by atoms with van der Waals surface area (Å²) in [4.78, 5) is 8.40. The zero-order valence-electron chi connectivity index (χ0n) is 12.4. The fourth-order valence-electron chi connectivity index (χ4n) is 1.97. The molecule has 5 heteroatoms. The summed E-state index contributed by atoms with van der Waals surface area (Å²) in [5, 5.41) is 3.31. The third-order valence-electron chi connectivity index (χ3n) is 3.00. The first kappa shape index (κ1) is 15.7. The molecule has 0 bridgehead atoms. The normalized spacial score (nSPS) is 10.8. The zero-order valence-corrected chi connectivity index (χ0v) is 12.4. The molecule has 19 heavy (non-hydrogen) atoms. The van der Waals surface area contributed by atoms with Gasteiger partial charge in [-0.05, 0) is 19.3 Å². The van der Waals surface area contributed by atoms with Crippen molar-refractivity contribution in [2.24, 2.45) is 11.8 Å². The van der Waals surface area contributed by atoms with Crippen molar-refractivity contribution in [1.29, 1.82) is 0 Å². The Balaban J connectivity index is 2.17. The van der Waals surface area contributed by atoms with E-state index in [1.54, 1.807) is 0 Å². The van der Waals surface area contributed by atoms with Gasteiger partial charge in [-0.1, -0.05) is 39.5 Å². The molecule has 0 radical (unpaired) electrons. The number of aryl methyl sites for hydroxylation is 1. The van der Waals surface area contributed by atoms with Crippen LogP contribution in [0.4, 0.5) is 11.8 Å². The molecule has 0 aliphatic carbocycles. The Kier molecular flexibility index (Phi) is 7.18. The fourth-order valence-corrected chi connectivity index (χ4v) is 1.97. The molecule has 1 aromatic heterocycles. The van der Waals surface area contributed by atoms with E-state index in [-0.39, 0.29) is 0 Å². The molecule has 108 valence electrons. The topological polar surface area (TPSA) is 75.9 Å².